The second-order valence-corrected chi connectivity index (χ2v) is 2.25. The minimum Gasteiger partial charge on any atom is -0.337 e. The second kappa shape index (κ2) is 3.41. The van der Waals surface area contributed by atoms with Gasteiger partial charge in [-0.2, -0.15) is 0 Å². The molecular weight excluding hydrogens is 130 g/mol. The van der Waals surface area contributed by atoms with Gasteiger partial charge in [-0.25, -0.2) is 10.2 Å². The molecule has 10 heavy (non-hydrogen) atoms. The van der Waals surface area contributed by atoms with Crippen molar-refractivity contribution in [3.8, 4) is 0 Å². The maximum Gasteiger partial charge on any atom is 0.331 e. The monoisotopic (exact) mass is 143 g/mol. The molecule has 0 saturated carbocycles. The SMILES string of the molecule is CCNC(=O)N1CCCN1. The number of amides is 2. The highest BCUT2D eigenvalue weighted by molar-refractivity contribution is 5.73. The van der Waals surface area contributed by atoms with Crippen molar-refractivity contribution in [2.45, 2.75) is 13.3 Å². The van der Waals surface area contributed by atoms with Crippen molar-refractivity contribution in [1.82, 2.24) is 15.8 Å². The predicted octanol–water partition coefficient (Wildman–Crippen LogP) is -0.0738. The molecule has 1 saturated heterocycles. The lowest BCUT2D eigenvalue weighted by Gasteiger charge is -2.14. The maximum absolute atomic E-state index is 11.0. The zero-order valence-corrected chi connectivity index (χ0v) is 6.18. The highest BCUT2D eigenvalue weighted by Crippen LogP contribution is 1.94. The Labute approximate surface area is 60.5 Å². The van der Waals surface area contributed by atoms with Crippen molar-refractivity contribution in [3.63, 3.8) is 0 Å². The van der Waals surface area contributed by atoms with E-state index in [1.165, 1.54) is 0 Å². The molecule has 0 aromatic carbocycles. The number of carbonyl (C=O) groups excluding carboxylic acids is 1. The summed E-state index contributed by atoms with van der Waals surface area (Å²) in [5, 5.41) is 4.33. The van der Waals surface area contributed by atoms with Crippen LogP contribution in [-0.4, -0.2) is 30.7 Å². The van der Waals surface area contributed by atoms with E-state index in [4.69, 9.17) is 0 Å². The fourth-order valence-corrected chi connectivity index (χ4v) is 0.950. The number of urea groups is 1. The topological polar surface area (TPSA) is 44.4 Å². The summed E-state index contributed by atoms with van der Waals surface area (Å²) in [6, 6.07) is -0.0139. The molecular formula is C6H13N3O. The number of hydrogen-bond donors (Lipinski definition) is 2. The Kier molecular flexibility index (Phi) is 2.50. The molecule has 0 aromatic rings. The highest BCUT2D eigenvalue weighted by Gasteiger charge is 2.15. The van der Waals surface area contributed by atoms with Gasteiger partial charge in [0.25, 0.3) is 0 Å². The number of hydrogen-bond acceptors (Lipinski definition) is 2. The largest absolute Gasteiger partial charge is 0.337 e. The third kappa shape index (κ3) is 1.60. The summed E-state index contributed by atoms with van der Waals surface area (Å²) < 4.78 is 0. The number of carbonyl (C=O) groups is 1. The summed E-state index contributed by atoms with van der Waals surface area (Å²) in [6.45, 7) is 4.34. The molecule has 58 valence electrons. The van der Waals surface area contributed by atoms with Crippen LogP contribution in [0.15, 0.2) is 0 Å². The quantitative estimate of drug-likeness (QED) is 0.539. The summed E-state index contributed by atoms with van der Waals surface area (Å²) in [6.07, 6.45) is 1.05. The van der Waals surface area contributed by atoms with E-state index < -0.39 is 0 Å². The molecule has 0 aliphatic carbocycles. The molecule has 2 amide bonds. The van der Waals surface area contributed by atoms with E-state index in [2.05, 4.69) is 10.7 Å². The van der Waals surface area contributed by atoms with Gasteiger partial charge < -0.3 is 5.32 Å². The van der Waals surface area contributed by atoms with Crippen LogP contribution >= 0.6 is 0 Å². The van der Waals surface area contributed by atoms with E-state index in [1.807, 2.05) is 6.92 Å². The lowest BCUT2D eigenvalue weighted by molar-refractivity contribution is 0.192. The number of nitrogens with zero attached hydrogens (tertiary/aromatic N) is 1. The number of rotatable bonds is 1. The van der Waals surface area contributed by atoms with Gasteiger partial charge in [0.15, 0.2) is 0 Å². The van der Waals surface area contributed by atoms with Crippen LogP contribution in [0.4, 0.5) is 4.79 Å². The van der Waals surface area contributed by atoms with Gasteiger partial charge in [-0.3, -0.25) is 5.01 Å². The van der Waals surface area contributed by atoms with Gasteiger partial charge >= 0.3 is 6.03 Å². The zero-order valence-electron chi connectivity index (χ0n) is 6.18. The lowest BCUT2D eigenvalue weighted by Crippen LogP contribution is -2.43. The van der Waals surface area contributed by atoms with Gasteiger partial charge in [0.1, 0.15) is 0 Å². The van der Waals surface area contributed by atoms with Crippen LogP contribution in [-0.2, 0) is 0 Å². The molecule has 0 atom stereocenters. The first-order chi connectivity index (χ1) is 4.84. The molecule has 1 aliphatic heterocycles. The molecule has 4 heteroatoms. The van der Waals surface area contributed by atoms with Crippen molar-refractivity contribution >= 4 is 6.03 Å². The molecule has 0 bridgehead atoms. The van der Waals surface area contributed by atoms with Gasteiger partial charge in [0.2, 0.25) is 0 Å². The van der Waals surface area contributed by atoms with Gasteiger partial charge in [-0.1, -0.05) is 0 Å². The highest BCUT2D eigenvalue weighted by atomic mass is 16.2. The minimum atomic E-state index is -0.0139. The Morgan fingerprint density at radius 3 is 3.10 bits per heavy atom. The smallest absolute Gasteiger partial charge is 0.331 e. The number of hydrazine groups is 1. The first-order valence-corrected chi connectivity index (χ1v) is 3.63. The third-order valence-corrected chi connectivity index (χ3v) is 1.43. The molecule has 1 fully saturated rings. The van der Waals surface area contributed by atoms with E-state index in [0.29, 0.717) is 6.54 Å². The van der Waals surface area contributed by atoms with Crippen LogP contribution in [0.25, 0.3) is 0 Å². The lowest BCUT2D eigenvalue weighted by atomic mass is 10.5. The van der Waals surface area contributed by atoms with Crippen LogP contribution in [0, 0.1) is 0 Å². The van der Waals surface area contributed by atoms with Crippen molar-refractivity contribution in [1.29, 1.82) is 0 Å². The molecule has 0 aromatic heterocycles. The first kappa shape index (κ1) is 7.34. The Morgan fingerprint density at radius 1 is 1.80 bits per heavy atom. The summed E-state index contributed by atoms with van der Waals surface area (Å²) >= 11 is 0. The van der Waals surface area contributed by atoms with E-state index in [-0.39, 0.29) is 6.03 Å². The summed E-state index contributed by atoms with van der Waals surface area (Å²) in [5.41, 5.74) is 2.96. The molecule has 0 radical (unpaired) electrons. The average Bonchev–Trinajstić information content (AvgIpc) is 2.38. The Hall–Kier alpha value is -0.770. The second-order valence-electron chi connectivity index (χ2n) is 2.25. The Balaban J connectivity index is 2.25. The van der Waals surface area contributed by atoms with Crippen LogP contribution in [0.5, 0.6) is 0 Å². The van der Waals surface area contributed by atoms with Crippen molar-refractivity contribution in [2.75, 3.05) is 19.6 Å². The molecule has 1 aliphatic rings. The van der Waals surface area contributed by atoms with Crippen molar-refractivity contribution in [3.05, 3.63) is 0 Å². The van der Waals surface area contributed by atoms with E-state index in [9.17, 15) is 4.79 Å². The first-order valence-electron chi connectivity index (χ1n) is 3.63. The summed E-state index contributed by atoms with van der Waals surface area (Å²) in [7, 11) is 0. The molecule has 4 nitrogen and oxygen atoms in total. The fourth-order valence-electron chi connectivity index (χ4n) is 0.950. The molecule has 0 unspecified atom stereocenters. The van der Waals surface area contributed by atoms with Crippen LogP contribution in [0.2, 0.25) is 0 Å². The predicted molar refractivity (Wildman–Crippen MR) is 38.4 cm³/mol. The maximum atomic E-state index is 11.0. The van der Waals surface area contributed by atoms with Crippen molar-refractivity contribution in [2.24, 2.45) is 0 Å². The van der Waals surface area contributed by atoms with Gasteiger partial charge in [-0.15, -0.1) is 0 Å². The molecule has 1 heterocycles. The number of nitrogens with one attached hydrogen (secondary N) is 2. The third-order valence-electron chi connectivity index (χ3n) is 1.43. The van der Waals surface area contributed by atoms with Gasteiger partial charge in [0, 0.05) is 19.6 Å². The fraction of sp³-hybridized carbons (Fsp3) is 0.833. The Morgan fingerprint density at radius 2 is 2.60 bits per heavy atom. The van der Waals surface area contributed by atoms with Gasteiger partial charge in [0.05, 0.1) is 0 Å². The van der Waals surface area contributed by atoms with Gasteiger partial charge in [-0.05, 0) is 13.3 Å². The summed E-state index contributed by atoms with van der Waals surface area (Å²) in [4.78, 5) is 11.0. The van der Waals surface area contributed by atoms with E-state index >= 15 is 0 Å². The Bertz CT molecular complexity index is 120. The standard InChI is InChI=1S/C6H13N3O/c1-2-7-6(10)9-5-3-4-8-9/h8H,2-5H2,1H3,(H,7,10). The molecule has 1 rings (SSSR count). The van der Waals surface area contributed by atoms with Crippen LogP contribution in [0.3, 0.4) is 0 Å². The normalized spacial score (nSPS) is 17.5. The zero-order chi connectivity index (χ0) is 7.40. The minimum absolute atomic E-state index is 0.0139. The molecule has 2 N–H and O–H groups in total. The average molecular weight is 143 g/mol. The van der Waals surface area contributed by atoms with Crippen LogP contribution < -0.4 is 10.7 Å². The van der Waals surface area contributed by atoms with Crippen LogP contribution in [0.1, 0.15) is 13.3 Å². The summed E-state index contributed by atoms with van der Waals surface area (Å²) in [5.74, 6) is 0. The molecule has 0 spiro atoms. The van der Waals surface area contributed by atoms with Crippen molar-refractivity contribution < 1.29 is 4.79 Å². The van der Waals surface area contributed by atoms with E-state index in [0.717, 1.165) is 19.5 Å². The van der Waals surface area contributed by atoms with E-state index in [1.54, 1.807) is 5.01 Å².